The van der Waals surface area contributed by atoms with Crippen molar-refractivity contribution in [3.8, 4) is 0 Å². The molecule has 0 aromatic rings. The van der Waals surface area contributed by atoms with Gasteiger partial charge in [-0.2, -0.15) is 0 Å². The number of ether oxygens (including phenoxy) is 2. The minimum absolute atomic E-state index is 0.0936. The molecule has 0 bridgehead atoms. The van der Waals surface area contributed by atoms with Crippen molar-refractivity contribution >= 4 is 19.8 Å². The largest absolute Gasteiger partial charge is 0.472 e. The molecule has 63 heavy (non-hydrogen) atoms. The molecule has 0 saturated heterocycles. The number of rotatable bonds is 45. The maximum Gasteiger partial charge on any atom is 0.472 e. The molecule has 0 aliphatic heterocycles. The van der Waals surface area contributed by atoms with Crippen LogP contribution in [0.3, 0.4) is 0 Å². The van der Waals surface area contributed by atoms with Crippen LogP contribution in [-0.2, 0) is 32.7 Å². The molecule has 3 atom stereocenters. The minimum Gasteiger partial charge on any atom is -0.462 e. The zero-order valence-corrected chi connectivity index (χ0v) is 40.4. The number of hydrogen-bond donors (Lipinski definition) is 3. The number of aliphatic hydroxyl groups is 2. The van der Waals surface area contributed by atoms with E-state index in [2.05, 4.69) is 91.3 Å². The number of allylic oxidation sites excluding steroid dienone is 14. The van der Waals surface area contributed by atoms with E-state index < -0.39 is 51.8 Å². The molecule has 0 aliphatic carbocycles. The summed E-state index contributed by atoms with van der Waals surface area (Å²) in [5.74, 6) is -1.05. The molecule has 0 radical (unpaired) electrons. The van der Waals surface area contributed by atoms with Crippen molar-refractivity contribution in [3.63, 3.8) is 0 Å². The van der Waals surface area contributed by atoms with E-state index in [4.69, 9.17) is 19.1 Å². The fourth-order valence-electron chi connectivity index (χ4n) is 6.28. The zero-order valence-electron chi connectivity index (χ0n) is 39.5. The summed E-state index contributed by atoms with van der Waals surface area (Å²) in [7, 11) is -4.65. The molecule has 0 rings (SSSR count). The number of carbonyl (C=O) groups is 2. The first-order chi connectivity index (χ1) is 30.7. The SMILES string of the molecule is CC/C=C/C/C=C/C/C=C/C/C=C/C/C=C/CCCC(=O)O[C@@H](COC(=O)CCC/C=C/CC/C=C/CCCCCCCCCCCCCCCC)COP(=O)(O)OC[C@H](O)CO. The molecule has 10 nitrogen and oxygen atoms in total. The van der Waals surface area contributed by atoms with Crippen LogP contribution < -0.4 is 0 Å². The van der Waals surface area contributed by atoms with Gasteiger partial charge in [0, 0.05) is 12.8 Å². The molecular weight excluding hydrogens is 816 g/mol. The summed E-state index contributed by atoms with van der Waals surface area (Å²) in [4.78, 5) is 35.1. The summed E-state index contributed by atoms with van der Waals surface area (Å²) in [5, 5.41) is 18.4. The molecule has 0 aromatic heterocycles. The van der Waals surface area contributed by atoms with Crippen molar-refractivity contribution in [2.75, 3.05) is 26.4 Å². The highest BCUT2D eigenvalue weighted by atomic mass is 31.2. The van der Waals surface area contributed by atoms with Crippen molar-refractivity contribution < 1.29 is 47.8 Å². The monoisotopic (exact) mass is 905 g/mol. The summed E-state index contributed by atoms with van der Waals surface area (Å²) in [5.41, 5.74) is 0. The highest BCUT2D eigenvalue weighted by molar-refractivity contribution is 7.47. The van der Waals surface area contributed by atoms with E-state index in [0.717, 1.165) is 57.8 Å². The van der Waals surface area contributed by atoms with Crippen LogP contribution in [0.25, 0.3) is 0 Å². The number of phosphoric ester groups is 1. The van der Waals surface area contributed by atoms with E-state index in [9.17, 15) is 24.2 Å². The number of phosphoric acid groups is 1. The van der Waals surface area contributed by atoms with Gasteiger partial charge in [-0.15, -0.1) is 0 Å². The third kappa shape index (κ3) is 46.9. The fraction of sp³-hybridized carbons (Fsp3) is 0.692. The summed E-state index contributed by atoms with van der Waals surface area (Å²) in [6.45, 7) is 2.17. The van der Waals surface area contributed by atoms with Crippen LogP contribution in [-0.4, -0.2) is 65.7 Å². The average Bonchev–Trinajstić information content (AvgIpc) is 3.27. The third-order valence-electron chi connectivity index (χ3n) is 10.0. The van der Waals surface area contributed by atoms with Gasteiger partial charge in [0.2, 0.25) is 0 Å². The predicted octanol–water partition coefficient (Wildman–Crippen LogP) is 13.8. The van der Waals surface area contributed by atoms with Gasteiger partial charge in [-0.3, -0.25) is 18.6 Å². The molecule has 362 valence electrons. The lowest BCUT2D eigenvalue weighted by molar-refractivity contribution is -0.161. The van der Waals surface area contributed by atoms with Gasteiger partial charge < -0.3 is 24.6 Å². The Balaban J connectivity index is 4.33. The lowest BCUT2D eigenvalue weighted by Gasteiger charge is -2.20. The Bertz CT molecular complexity index is 1320. The topological polar surface area (TPSA) is 149 Å². The van der Waals surface area contributed by atoms with E-state index in [1.165, 1.54) is 89.9 Å². The Morgan fingerprint density at radius 1 is 0.492 bits per heavy atom. The standard InChI is InChI=1S/C52H89O10P/c1-3-5-7-9-11-13-15-17-19-21-22-23-24-25-26-28-29-31-33-35-37-39-41-43-51(55)59-47-50(48-61-63(57,58)60-46-49(54)45-53)62-52(56)44-42-40-38-36-34-32-30-27-20-18-16-14-12-10-8-6-4-2/h6,8,12,14,18,20,28-30,32,35-38,49-50,53-54H,3-5,7,9-11,13,15-17,19,21-27,31,33-34,39-48H2,1-2H3,(H,57,58)/b8-6+,14-12+,20-18+,29-28+,32-30+,37-35+,38-36+/t49-,50+/m1/s1. The van der Waals surface area contributed by atoms with Gasteiger partial charge in [-0.05, 0) is 83.5 Å². The van der Waals surface area contributed by atoms with Crippen LogP contribution in [0.15, 0.2) is 85.1 Å². The number of unbranched alkanes of at least 4 members (excludes halogenated alkanes) is 17. The quantitative estimate of drug-likeness (QED) is 0.0233. The summed E-state index contributed by atoms with van der Waals surface area (Å²) in [6, 6.07) is 0. The van der Waals surface area contributed by atoms with Gasteiger partial charge >= 0.3 is 19.8 Å². The number of carbonyl (C=O) groups excluding carboxylic acids is 2. The number of aliphatic hydroxyl groups excluding tert-OH is 2. The number of hydrogen-bond acceptors (Lipinski definition) is 9. The normalized spacial score (nSPS) is 14.4. The minimum atomic E-state index is -4.65. The lowest BCUT2D eigenvalue weighted by atomic mass is 10.0. The van der Waals surface area contributed by atoms with Crippen LogP contribution >= 0.6 is 7.82 Å². The Labute approximate surface area is 383 Å². The van der Waals surface area contributed by atoms with Crippen LogP contribution in [0.2, 0.25) is 0 Å². The fourth-order valence-corrected chi connectivity index (χ4v) is 7.07. The van der Waals surface area contributed by atoms with E-state index in [0.29, 0.717) is 19.3 Å². The summed E-state index contributed by atoms with van der Waals surface area (Å²) >= 11 is 0. The molecule has 0 aliphatic rings. The maximum absolute atomic E-state index is 12.6. The van der Waals surface area contributed by atoms with Gasteiger partial charge in [0.15, 0.2) is 6.10 Å². The van der Waals surface area contributed by atoms with Gasteiger partial charge in [-0.25, -0.2) is 4.57 Å². The van der Waals surface area contributed by atoms with Gasteiger partial charge in [0.05, 0.1) is 19.8 Å². The summed E-state index contributed by atoms with van der Waals surface area (Å²) < 4.78 is 32.7. The van der Waals surface area contributed by atoms with E-state index in [1.54, 1.807) is 0 Å². The molecule has 3 N–H and O–H groups in total. The maximum atomic E-state index is 12.6. The second-order valence-electron chi connectivity index (χ2n) is 16.1. The van der Waals surface area contributed by atoms with E-state index in [-0.39, 0.29) is 19.4 Å². The molecule has 0 saturated carbocycles. The lowest BCUT2D eigenvalue weighted by Crippen LogP contribution is -2.29. The van der Waals surface area contributed by atoms with Crippen LogP contribution in [0.5, 0.6) is 0 Å². The summed E-state index contributed by atoms with van der Waals surface area (Å²) in [6.07, 6.45) is 57.2. The second kappa shape index (κ2) is 47.1. The highest BCUT2D eigenvalue weighted by Gasteiger charge is 2.27. The van der Waals surface area contributed by atoms with Crippen molar-refractivity contribution in [1.29, 1.82) is 0 Å². The van der Waals surface area contributed by atoms with Crippen molar-refractivity contribution in [1.82, 2.24) is 0 Å². The van der Waals surface area contributed by atoms with Gasteiger partial charge in [0.1, 0.15) is 12.7 Å². The molecule has 0 spiro atoms. The van der Waals surface area contributed by atoms with Crippen LogP contribution in [0.1, 0.15) is 194 Å². The van der Waals surface area contributed by atoms with Crippen molar-refractivity contribution in [2.45, 2.75) is 206 Å². The third-order valence-corrected chi connectivity index (χ3v) is 11.0. The first-order valence-electron chi connectivity index (χ1n) is 24.5. The predicted molar refractivity (Wildman–Crippen MR) is 260 cm³/mol. The van der Waals surface area contributed by atoms with Crippen molar-refractivity contribution in [2.24, 2.45) is 0 Å². The Morgan fingerprint density at radius 2 is 0.889 bits per heavy atom. The Hall–Kier alpha value is -2.85. The molecular formula is C52H89O10P. The molecule has 1 unspecified atom stereocenters. The Kier molecular flexibility index (Phi) is 45.0. The first-order valence-corrected chi connectivity index (χ1v) is 26.0. The second-order valence-corrected chi connectivity index (χ2v) is 17.5. The van der Waals surface area contributed by atoms with Gasteiger partial charge in [0.25, 0.3) is 0 Å². The molecule has 0 amide bonds. The smallest absolute Gasteiger partial charge is 0.462 e. The number of esters is 2. The molecule has 11 heteroatoms. The zero-order chi connectivity index (χ0) is 46.2. The molecule has 0 aromatic carbocycles. The van der Waals surface area contributed by atoms with Crippen molar-refractivity contribution in [3.05, 3.63) is 85.1 Å². The molecule has 0 fully saturated rings. The van der Waals surface area contributed by atoms with Gasteiger partial charge in [-0.1, -0.05) is 182 Å². The van der Waals surface area contributed by atoms with Crippen LogP contribution in [0.4, 0.5) is 0 Å². The highest BCUT2D eigenvalue weighted by Crippen LogP contribution is 2.43. The van der Waals surface area contributed by atoms with E-state index >= 15 is 0 Å². The first kappa shape index (κ1) is 60.2. The van der Waals surface area contributed by atoms with E-state index in [1.807, 2.05) is 12.2 Å². The molecule has 0 heterocycles. The van der Waals surface area contributed by atoms with Crippen LogP contribution in [0, 0.1) is 0 Å². The Morgan fingerprint density at radius 3 is 1.38 bits per heavy atom. The average molecular weight is 905 g/mol.